The Morgan fingerprint density at radius 1 is 1.16 bits per heavy atom. The van der Waals surface area contributed by atoms with Crippen molar-refractivity contribution in [3.63, 3.8) is 0 Å². The Morgan fingerprint density at radius 2 is 1.97 bits per heavy atom. The summed E-state index contributed by atoms with van der Waals surface area (Å²) in [5.74, 6) is 1.26. The van der Waals surface area contributed by atoms with Gasteiger partial charge in [-0.1, -0.05) is 24.3 Å². The highest BCUT2D eigenvalue weighted by Gasteiger charge is 2.30. The molecule has 1 aliphatic heterocycles. The molecule has 1 aromatic heterocycles. The number of allylic oxidation sites excluding steroid dienone is 1. The highest BCUT2D eigenvalue weighted by atomic mass is 16.5. The molecule has 2 aromatic carbocycles. The summed E-state index contributed by atoms with van der Waals surface area (Å²) < 4.78 is 21.4. The van der Waals surface area contributed by atoms with Gasteiger partial charge in [0.2, 0.25) is 5.78 Å². The Balaban J connectivity index is 1.48. The van der Waals surface area contributed by atoms with E-state index in [1.165, 1.54) is 7.11 Å². The van der Waals surface area contributed by atoms with Gasteiger partial charge < -0.3 is 18.7 Å². The summed E-state index contributed by atoms with van der Waals surface area (Å²) in [6, 6.07) is 12.6. The van der Waals surface area contributed by atoms with Crippen LogP contribution >= 0.6 is 0 Å². The normalized spacial score (nSPS) is 13.8. The molecule has 3 aromatic rings. The SMILES string of the molecule is COc1cc(CCC(=O)Oc2ccc3c(c2C)O/C(=C\c2ccccc2C)C3=O)on1. The first-order chi connectivity index (χ1) is 15.0. The summed E-state index contributed by atoms with van der Waals surface area (Å²) in [6.45, 7) is 3.73. The minimum atomic E-state index is -0.432. The fourth-order valence-electron chi connectivity index (χ4n) is 3.28. The number of ketones is 1. The molecule has 0 atom stereocenters. The molecule has 0 unspecified atom stereocenters. The Kier molecular flexibility index (Phi) is 5.58. The molecular weight excluding hydrogens is 398 g/mol. The lowest BCUT2D eigenvalue weighted by atomic mass is 10.0. The van der Waals surface area contributed by atoms with Gasteiger partial charge in [-0.15, -0.1) is 0 Å². The molecule has 7 heteroatoms. The first-order valence-corrected chi connectivity index (χ1v) is 9.80. The van der Waals surface area contributed by atoms with Crippen LogP contribution in [-0.4, -0.2) is 24.0 Å². The van der Waals surface area contributed by atoms with Gasteiger partial charge in [0.15, 0.2) is 5.76 Å². The number of carbonyl (C=O) groups is 2. The van der Waals surface area contributed by atoms with Crippen molar-refractivity contribution in [1.29, 1.82) is 0 Å². The number of esters is 1. The molecule has 158 valence electrons. The average molecular weight is 419 g/mol. The molecule has 1 aliphatic rings. The Labute approximate surface area is 179 Å². The molecule has 0 radical (unpaired) electrons. The maximum absolute atomic E-state index is 12.8. The second-order valence-corrected chi connectivity index (χ2v) is 7.17. The molecule has 0 spiro atoms. The van der Waals surface area contributed by atoms with E-state index < -0.39 is 5.97 Å². The number of rotatable bonds is 6. The van der Waals surface area contributed by atoms with Gasteiger partial charge in [-0.2, -0.15) is 0 Å². The van der Waals surface area contributed by atoms with Crippen molar-refractivity contribution in [3.8, 4) is 17.4 Å². The molecule has 0 aliphatic carbocycles. The molecule has 4 rings (SSSR count). The lowest BCUT2D eigenvalue weighted by Gasteiger charge is -2.09. The third kappa shape index (κ3) is 4.21. The lowest BCUT2D eigenvalue weighted by Crippen LogP contribution is -2.10. The average Bonchev–Trinajstić information content (AvgIpc) is 3.35. The van der Waals surface area contributed by atoms with Crippen LogP contribution in [0.4, 0.5) is 0 Å². The Bertz CT molecular complexity index is 1190. The van der Waals surface area contributed by atoms with Gasteiger partial charge in [0.1, 0.15) is 17.3 Å². The topological polar surface area (TPSA) is 87.9 Å². The fourth-order valence-corrected chi connectivity index (χ4v) is 3.28. The number of nitrogens with zero attached hydrogens (tertiary/aromatic N) is 1. The number of ether oxygens (including phenoxy) is 3. The first kappa shape index (κ1) is 20.4. The molecule has 0 fully saturated rings. The lowest BCUT2D eigenvalue weighted by molar-refractivity contribution is -0.134. The molecule has 0 N–H and O–H groups in total. The first-order valence-electron chi connectivity index (χ1n) is 9.80. The van der Waals surface area contributed by atoms with Crippen molar-refractivity contribution >= 4 is 17.8 Å². The Morgan fingerprint density at radius 3 is 2.71 bits per heavy atom. The van der Waals surface area contributed by atoms with Gasteiger partial charge in [-0.25, -0.2) is 0 Å². The monoisotopic (exact) mass is 419 g/mol. The quantitative estimate of drug-likeness (QED) is 0.331. The van der Waals surface area contributed by atoms with Gasteiger partial charge >= 0.3 is 5.97 Å². The van der Waals surface area contributed by atoms with Gasteiger partial charge in [0, 0.05) is 18.1 Å². The van der Waals surface area contributed by atoms with Crippen molar-refractivity contribution in [2.24, 2.45) is 0 Å². The van der Waals surface area contributed by atoms with Crippen LogP contribution in [0.1, 0.15) is 39.2 Å². The number of hydrogen-bond donors (Lipinski definition) is 0. The van der Waals surface area contributed by atoms with E-state index in [4.69, 9.17) is 18.7 Å². The van der Waals surface area contributed by atoms with Gasteiger partial charge in [0.05, 0.1) is 19.1 Å². The van der Waals surface area contributed by atoms with Crippen LogP contribution in [-0.2, 0) is 11.2 Å². The van der Waals surface area contributed by atoms with Crippen LogP contribution in [0.25, 0.3) is 6.08 Å². The predicted octanol–water partition coefficient (Wildman–Crippen LogP) is 4.45. The molecule has 7 nitrogen and oxygen atoms in total. The minimum absolute atomic E-state index is 0.104. The molecular formula is C24H21NO6. The van der Waals surface area contributed by atoms with Crippen LogP contribution in [0.3, 0.4) is 0 Å². The molecule has 0 bridgehead atoms. The molecule has 0 saturated carbocycles. The maximum Gasteiger partial charge on any atom is 0.311 e. The molecule has 31 heavy (non-hydrogen) atoms. The van der Waals surface area contributed by atoms with Crippen molar-refractivity contribution in [2.45, 2.75) is 26.7 Å². The Hall–Kier alpha value is -3.87. The number of methoxy groups -OCH3 is 1. The van der Waals surface area contributed by atoms with Crippen LogP contribution < -0.4 is 14.2 Å². The van der Waals surface area contributed by atoms with E-state index in [1.807, 2.05) is 31.2 Å². The van der Waals surface area contributed by atoms with Gasteiger partial charge in [-0.05, 0) is 48.3 Å². The summed E-state index contributed by atoms with van der Waals surface area (Å²) in [5.41, 5.74) is 2.99. The van der Waals surface area contributed by atoms with Crippen LogP contribution in [0, 0.1) is 13.8 Å². The third-order valence-electron chi connectivity index (χ3n) is 5.06. The standard InChI is InChI=1S/C24H21NO6/c1-14-6-4-5-7-16(14)12-20-23(27)18-9-10-19(15(2)24(18)30-20)29-22(26)11-8-17-13-21(28-3)25-31-17/h4-7,9-10,12-13H,8,11H2,1-3H3/b20-12-. The van der Waals surface area contributed by atoms with Crippen molar-refractivity contribution in [3.05, 3.63) is 76.2 Å². The highest BCUT2D eigenvalue weighted by molar-refractivity contribution is 6.15. The minimum Gasteiger partial charge on any atom is -0.479 e. The number of benzene rings is 2. The van der Waals surface area contributed by atoms with E-state index in [9.17, 15) is 9.59 Å². The number of hydrogen-bond acceptors (Lipinski definition) is 7. The smallest absolute Gasteiger partial charge is 0.311 e. The predicted molar refractivity (Wildman–Crippen MR) is 112 cm³/mol. The largest absolute Gasteiger partial charge is 0.479 e. The fraction of sp³-hybridized carbons (Fsp3) is 0.208. The van der Waals surface area contributed by atoms with Crippen molar-refractivity contribution in [1.82, 2.24) is 5.16 Å². The van der Waals surface area contributed by atoms with Crippen LogP contribution in [0.2, 0.25) is 0 Å². The zero-order chi connectivity index (χ0) is 22.0. The van der Waals surface area contributed by atoms with E-state index in [0.717, 1.165) is 11.1 Å². The molecule has 0 amide bonds. The summed E-state index contributed by atoms with van der Waals surface area (Å²) in [6.07, 6.45) is 2.17. The number of aryl methyl sites for hydroxylation is 2. The van der Waals surface area contributed by atoms with Gasteiger partial charge in [0.25, 0.3) is 5.88 Å². The molecule has 0 saturated heterocycles. The summed E-state index contributed by atoms with van der Waals surface area (Å²) in [4.78, 5) is 25.0. The van der Waals surface area contributed by atoms with E-state index in [0.29, 0.717) is 40.7 Å². The van der Waals surface area contributed by atoms with E-state index in [2.05, 4.69) is 5.16 Å². The third-order valence-corrected chi connectivity index (χ3v) is 5.06. The van der Waals surface area contributed by atoms with Crippen LogP contribution in [0.15, 0.2) is 52.7 Å². The number of aromatic nitrogens is 1. The van der Waals surface area contributed by atoms with Crippen molar-refractivity contribution in [2.75, 3.05) is 7.11 Å². The highest BCUT2D eigenvalue weighted by Crippen LogP contribution is 2.39. The summed E-state index contributed by atoms with van der Waals surface area (Å²) in [5, 5.41) is 3.70. The van der Waals surface area contributed by atoms with Crippen molar-refractivity contribution < 1.29 is 28.3 Å². The second kappa shape index (κ2) is 8.47. The van der Waals surface area contributed by atoms with Gasteiger partial charge in [-0.3, -0.25) is 9.59 Å². The van der Waals surface area contributed by atoms with E-state index >= 15 is 0 Å². The summed E-state index contributed by atoms with van der Waals surface area (Å²) >= 11 is 0. The maximum atomic E-state index is 12.8. The zero-order valence-electron chi connectivity index (χ0n) is 17.4. The molecule has 2 heterocycles. The number of fused-ring (bicyclic) bond motifs is 1. The zero-order valence-corrected chi connectivity index (χ0v) is 17.4. The summed E-state index contributed by atoms with van der Waals surface area (Å²) in [7, 11) is 1.49. The van der Waals surface area contributed by atoms with E-state index in [-0.39, 0.29) is 18.0 Å². The second-order valence-electron chi connectivity index (χ2n) is 7.17. The number of Topliss-reactive ketones (excluding diaryl/α,β-unsaturated/α-hetero) is 1. The number of carbonyl (C=O) groups excluding carboxylic acids is 2. The van der Waals surface area contributed by atoms with Crippen LogP contribution in [0.5, 0.6) is 17.4 Å². The van der Waals surface area contributed by atoms with E-state index in [1.54, 1.807) is 31.2 Å².